The molecule has 3 heterocycles. The number of carbonyl (C=O) groups excluding carboxylic acids is 1. The maximum Gasteiger partial charge on any atom is 0.255 e. The molecule has 1 aromatic carbocycles. The smallest absolute Gasteiger partial charge is 0.255 e. The molecule has 0 saturated heterocycles. The van der Waals surface area contributed by atoms with Gasteiger partial charge in [-0.05, 0) is 25.1 Å². The van der Waals surface area contributed by atoms with E-state index in [1.54, 1.807) is 15.6 Å². The van der Waals surface area contributed by atoms with Crippen molar-refractivity contribution >= 4 is 11.6 Å². The number of hydrogen-bond donors (Lipinski definition) is 2. The SMILES string of the molecule is Cc1ccc2c(c1)C(=O)NC(c1cn(C)nc1-c1ccnn1C)N2. The zero-order valence-electron chi connectivity index (χ0n) is 13.7. The Morgan fingerprint density at radius 2 is 2.00 bits per heavy atom. The lowest BCUT2D eigenvalue weighted by atomic mass is 10.0. The van der Waals surface area contributed by atoms with Gasteiger partial charge in [0.15, 0.2) is 0 Å². The fourth-order valence-electron chi connectivity index (χ4n) is 3.05. The first-order chi connectivity index (χ1) is 11.5. The maximum absolute atomic E-state index is 12.5. The first-order valence-corrected chi connectivity index (χ1v) is 7.73. The molecule has 2 N–H and O–H groups in total. The maximum atomic E-state index is 12.5. The van der Waals surface area contributed by atoms with Crippen LogP contribution in [0.25, 0.3) is 11.4 Å². The minimum Gasteiger partial charge on any atom is -0.361 e. The van der Waals surface area contributed by atoms with Gasteiger partial charge < -0.3 is 10.6 Å². The summed E-state index contributed by atoms with van der Waals surface area (Å²) in [6.07, 6.45) is 3.31. The molecule has 122 valence electrons. The quantitative estimate of drug-likeness (QED) is 0.756. The number of aromatic nitrogens is 4. The first kappa shape index (κ1) is 14.5. The molecule has 7 nitrogen and oxygen atoms in total. The van der Waals surface area contributed by atoms with Crippen LogP contribution in [0.1, 0.15) is 27.7 Å². The van der Waals surface area contributed by atoms with Crippen molar-refractivity contribution < 1.29 is 4.79 Å². The number of rotatable bonds is 2. The Bertz CT molecular complexity index is 938. The molecule has 0 radical (unpaired) electrons. The Morgan fingerprint density at radius 3 is 2.75 bits per heavy atom. The van der Waals surface area contributed by atoms with Crippen LogP contribution in [-0.4, -0.2) is 25.5 Å². The van der Waals surface area contributed by atoms with Crippen LogP contribution in [0.4, 0.5) is 5.69 Å². The third kappa shape index (κ3) is 2.25. The molecule has 0 bridgehead atoms. The monoisotopic (exact) mass is 322 g/mol. The van der Waals surface area contributed by atoms with Crippen molar-refractivity contribution in [1.82, 2.24) is 24.9 Å². The predicted molar refractivity (Wildman–Crippen MR) is 90.4 cm³/mol. The Kier molecular flexibility index (Phi) is 3.16. The molecule has 1 aliphatic heterocycles. The summed E-state index contributed by atoms with van der Waals surface area (Å²) >= 11 is 0. The van der Waals surface area contributed by atoms with Gasteiger partial charge in [0.25, 0.3) is 5.91 Å². The molecule has 24 heavy (non-hydrogen) atoms. The number of aryl methyl sites for hydroxylation is 3. The second-order valence-corrected chi connectivity index (χ2v) is 6.05. The standard InChI is InChI=1S/C17H18N6O/c1-10-4-5-13-11(8-10)17(24)20-16(19-13)12-9-22(2)21-15(12)14-6-7-18-23(14)3/h4-9,16,19H,1-3H3,(H,20,24). The number of amides is 1. The van der Waals surface area contributed by atoms with E-state index in [0.717, 1.165) is 28.2 Å². The lowest BCUT2D eigenvalue weighted by Crippen LogP contribution is -2.38. The molecular weight excluding hydrogens is 304 g/mol. The molecule has 1 atom stereocenters. The van der Waals surface area contributed by atoms with Crippen LogP contribution in [0.15, 0.2) is 36.7 Å². The van der Waals surface area contributed by atoms with Gasteiger partial charge in [0.05, 0.1) is 11.3 Å². The van der Waals surface area contributed by atoms with Gasteiger partial charge in [0.1, 0.15) is 11.9 Å². The van der Waals surface area contributed by atoms with Crippen molar-refractivity contribution in [2.24, 2.45) is 14.1 Å². The Balaban J connectivity index is 1.77. The van der Waals surface area contributed by atoms with Crippen LogP contribution < -0.4 is 10.6 Å². The highest BCUT2D eigenvalue weighted by atomic mass is 16.2. The zero-order chi connectivity index (χ0) is 16.8. The Morgan fingerprint density at radius 1 is 1.17 bits per heavy atom. The summed E-state index contributed by atoms with van der Waals surface area (Å²) in [7, 11) is 3.74. The fourth-order valence-corrected chi connectivity index (χ4v) is 3.05. The van der Waals surface area contributed by atoms with Gasteiger partial charge in [0, 0.05) is 37.7 Å². The number of fused-ring (bicyclic) bond motifs is 1. The van der Waals surface area contributed by atoms with E-state index in [2.05, 4.69) is 20.8 Å². The van der Waals surface area contributed by atoms with E-state index in [1.165, 1.54) is 0 Å². The average Bonchev–Trinajstić information content (AvgIpc) is 3.13. The minimum atomic E-state index is -0.341. The van der Waals surface area contributed by atoms with E-state index >= 15 is 0 Å². The molecule has 2 aromatic heterocycles. The van der Waals surface area contributed by atoms with E-state index in [9.17, 15) is 4.79 Å². The van der Waals surface area contributed by atoms with Crippen molar-refractivity contribution in [2.75, 3.05) is 5.32 Å². The highest BCUT2D eigenvalue weighted by Crippen LogP contribution is 2.31. The number of carbonyl (C=O) groups is 1. The molecule has 7 heteroatoms. The molecule has 0 spiro atoms. The van der Waals surface area contributed by atoms with Crippen molar-refractivity contribution in [2.45, 2.75) is 13.1 Å². The third-order valence-electron chi connectivity index (χ3n) is 4.23. The molecule has 1 unspecified atom stereocenters. The average molecular weight is 322 g/mol. The predicted octanol–water partition coefficient (Wildman–Crippen LogP) is 1.98. The van der Waals surface area contributed by atoms with Crippen LogP contribution >= 0.6 is 0 Å². The van der Waals surface area contributed by atoms with Crippen LogP contribution in [0.5, 0.6) is 0 Å². The zero-order valence-corrected chi connectivity index (χ0v) is 13.7. The van der Waals surface area contributed by atoms with Gasteiger partial charge in [-0.15, -0.1) is 0 Å². The number of hydrogen-bond acceptors (Lipinski definition) is 4. The summed E-state index contributed by atoms with van der Waals surface area (Å²) < 4.78 is 3.52. The van der Waals surface area contributed by atoms with Gasteiger partial charge >= 0.3 is 0 Å². The topological polar surface area (TPSA) is 76.8 Å². The van der Waals surface area contributed by atoms with Crippen LogP contribution in [-0.2, 0) is 14.1 Å². The summed E-state index contributed by atoms with van der Waals surface area (Å²) in [5.74, 6) is -0.0859. The van der Waals surface area contributed by atoms with Crippen molar-refractivity contribution in [1.29, 1.82) is 0 Å². The molecular formula is C17H18N6O. The van der Waals surface area contributed by atoms with Gasteiger partial charge in [-0.2, -0.15) is 10.2 Å². The van der Waals surface area contributed by atoms with E-state index in [0.29, 0.717) is 5.56 Å². The van der Waals surface area contributed by atoms with Gasteiger partial charge in [-0.3, -0.25) is 14.2 Å². The lowest BCUT2D eigenvalue weighted by molar-refractivity contribution is 0.0935. The first-order valence-electron chi connectivity index (χ1n) is 7.73. The summed E-state index contributed by atoms with van der Waals surface area (Å²) in [6, 6.07) is 7.73. The Hall–Kier alpha value is -3.09. The lowest BCUT2D eigenvalue weighted by Gasteiger charge is -2.28. The third-order valence-corrected chi connectivity index (χ3v) is 4.23. The normalized spacial score (nSPS) is 16.5. The molecule has 0 fully saturated rings. The van der Waals surface area contributed by atoms with Gasteiger partial charge in [-0.1, -0.05) is 11.6 Å². The highest BCUT2D eigenvalue weighted by Gasteiger charge is 2.28. The van der Waals surface area contributed by atoms with E-state index in [1.807, 2.05) is 51.5 Å². The molecule has 1 amide bonds. The minimum absolute atomic E-state index is 0.0859. The van der Waals surface area contributed by atoms with Crippen LogP contribution in [0.2, 0.25) is 0 Å². The van der Waals surface area contributed by atoms with E-state index in [4.69, 9.17) is 0 Å². The molecule has 0 saturated carbocycles. The summed E-state index contributed by atoms with van der Waals surface area (Å²) in [4.78, 5) is 12.5. The number of anilines is 1. The number of nitrogens with one attached hydrogen (secondary N) is 2. The fraction of sp³-hybridized carbons (Fsp3) is 0.235. The Labute approximate surface area is 139 Å². The van der Waals surface area contributed by atoms with E-state index < -0.39 is 0 Å². The van der Waals surface area contributed by atoms with Crippen LogP contribution in [0, 0.1) is 6.92 Å². The van der Waals surface area contributed by atoms with Crippen molar-refractivity contribution in [3.05, 3.63) is 53.3 Å². The summed E-state index contributed by atoms with van der Waals surface area (Å²) in [5, 5.41) is 15.2. The molecule has 0 aliphatic carbocycles. The van der Waals surface area contributed by atoms with E-state index in [-0.39, 0.29) is 12.1 Å². The summed E-state index contributed by atoms with van der Waals surface area (Å²) in [5.41, 5.74) is 5.15. The number of nitrogens with zero attached hydrogens (tertiary/aromatic N) is 4. The van der Waals surface area contributed by atoms with Gasteiger partial charge in [-0.25, -0.2) is 0 Å². The van der Waals surface area contributed by atoms with Crippen LogP contribution in [0.3, 0.4) is 0 Å². The summed E-state index contributed by atoms with van der Waals surface area (Å²) in [6.45, 7) is 1.97. The molecule has 4 rings (SSSR count). The second kappa shape index (κ2) is 5.23. The van der Waals surface area contributed by atoms with Crippen molar-refractivity contribution in [3.8, 4) is 11.4 Å². The van der Waals surface area contributed by atoms with Crippen molar-refractivity contribution in [3.63, 3.8) is 0 Å². The highest BCUT2D eigenvalue weighted by molar-refractivity contribution is 6.02. The van der Waals surface area contributed by atoms with Gasteiger partial charge in [0.2, 0.25) is 0 Å². The second-order valence-electron chi connectivity index (χ2n) is 6.05. The molecule has 1 aliphatic rings. The largest absolute Gasteiger partial charge is 0.361 e. The number of benzene rings is 1. The molecule has 3 aromatic rings.